The third kappa shape index (κ3) is 4.04. The molecule has 0 saturated carbocycles. The lowest BCUT2D eigenvalue weighted by atomic mass is 10.1. The summed E-state index contributed by atoms with van der Waals surface area (Å²) in [4.78, 5) is 0. The van der Waals surface area contributed by atoms with Crippen LogP contribution in [0.5, 0.6) is 0 Å². The second kappa shape index (κ2) is 6.81. The number of anilines is 1. The van der Waals surface area contributed by atoms with E-state index in [2.05, 4.69) is 45.5 Å². The Morgan fingerprint density at radius 1 is 1.06 bits per heavy atom. The maximum absolute atomic E-state index is 6.04. The first-order valence-corrected chi connectivity index (χ1v) is 7.15. The first-order valence-electron chi connectivity index (χ1n) is 5.98. The quantitative estimate of drug-likeness (QED) is 0.750. The molecule has 1 nitrogen and oxygen atoms in total. The number of benzene rings is 2. The molecule has 0 fully saturated rings. The average molecular weight is 325 g/mol. The summed E-state index contributed by atoms with van der Waals surface area (Å²) in [6.07, 6.45) is 2.20. The van der Waals surface area contributed by atoms with Crippen molar-refractivity contribution in [1.82, 2.24) is 0 Å². The lowest BCUT2D eigenvalue weighted by Gasteiger charge is -2.07. The van der Waals surface area contributed by atoms with Gasteiger partial charge in [-0.2, -0.15) is 0 Å². The van der Waals surface area contributed by atoms with Crippen LogP contribution in [-0.4, -0.2) is 6.54 Å². The molecule has 2 rings (SSSR count). The van der Waals surface area contributed by atoms with Gasteiger partial charge < -0.3 is 5.32 Å². The van der Waals surface area contributed by atoms with E-state index in [9.17, 15) is 0 Å². The van der Waals surface area contributed by atoms with Gasteiger partial charge in [0.05, 0.1) is 5.02 Å². The number of rotatable bonds is 5. The van der Waals surface area contributed by atoms with Crippen molar-refractivity contribution >= 4 is 33.2 Å². The summed E-state index contributed by atoms with van der Waals surface area (Å²) < 4.78 is 0.930. The monoisotopic (exact) mass is 323 g/mol. The van der Waals surface area contributed by atoms with E-state index in [1.807, 2.05) is 24.3 Å². The molecule has 3 heteroatoms. The fraction of sp³-hybridized carbons (Fsp3) is 0.200. The number of hydrogen-bond donors (Lipinski definition) is 1. The standard InChI is InChI=1S/C15H15BrClN/c16-14-9-8-13(11-15(14)17)18-10-4-7-12-5-2-1-3-6-12/h1-3,5-6,8-9,11,18H,4,7,10H2. The van der Waals surface area contributed by atoms with Crippen molar-refractivity contribution in [2.24, 2.45) is 0 Å². The van der Waals surface area contributed by atoms with Crippen molar-refractivity contribution in [3.8, 4) is 0 Å². The molecule has 0 aliphatic carbocycles. The van der Waals surface area contributed by atoms with Gasteiger partial charge in [-0.15, -0.1) is 0 Å². The predicted molar refractivity (Wildman–Crippen MR) is 82.4 cm³/mol. The van der Waals surface area contributed by atoms with Crippen LogP contribution in [0.3, 0.4) is 0 Å². The Labute approximate surface area is 121 Å². The van der Waals surface area contributed by atoms with Crippen LogP contribution in [0.25, 0.3) is 0 Å². The highest BCUT2D eigenvalue weighted by atomic mass is 79.9. The minimum absolute atomic E-state index is 0.739. The van der Waals surface area contributed by atoms with Crippen LogP contribution < -0.4 is 5.32 Å². The van der Waals surface area contributed by atoms with Crippen molar-refractivity contribution < 1.29 is 0 Å². The molecule has 0 saturated heterocycles. The summed E-state index contributed by atoms with van der Waals surface area (Å²) in [5, 5.41) is 4.12. The Morgan fingerprint density at radius 2 is 1.83 bits per heavy atom. The van der Waals surface area contributed by atoms with Gasteiger partial charge in [-0.3, -0.25) is 0 Å². The Balaban J connectivity index is 1.77. The number of aryl methyl sites for hydroxylation is 1. The minimum Gasteiger partial charge on any atom is -0.385 e. The Hall–Kier alpha value is -0.990. The molecule has 0 aliphatic rings. The molecule has 0 spiro atoms. The smallest absolute Gasteiger partial charge is 0.0568 e. The molecule has 1 N–H and O–H groups in total. The maximum Gasteiger partial charge on any atom is 0.0568 e. The van der Waals surface area contributed by atoms with Gasteiger partial charge in [0.2, 0.25) is 0 Å². The summed E-state index contributed by atoms with van der Waals surface area (Å²) >= 11 is 9.42. The predicted octanol–water partition coefficient (Wildman–Crippen LogP) is 5.15. The molecule has 18 heavy (non-hydrogen) atoms. The number of nitrogens with one attached hydrogen (secondary N) is 1. The fourth-order valence-corrected chi connectivity index (χ4v) is 2.20. The molecule has 0 unspecified atom stereocenters. The van der Waals surface area contributed by atoms with E-state index >= 15 is 0 Å². The van der Waals surface area contributed by atoms with Gasteiger partial charge in [-0.25, -0.2) is 0 Å². The van der Waals surface area contributed by atoms with Gasteiger partial charge in [0.15, 0.2) is 0 Å². The first kappa shape index (κ1) is 13.4. The molecule has 0 radical (unpaired) electrons. The summed E-state index contributed by atoms with van der Waals surface area (Å²) in [6, 6.07) is 16.5. The van der Waals surface area contributed by atoms with Gasteiger partial charge in [0.1, 0.15) is 0 Å². The lowest BCUT2D eigenvalue weighted by Crippen LogP contribution is -2.02. The first-order chi connectivity index (χ1) is 8.75. The zero-order valence-corrected chi connectivity index (χ0v) is 12.3. The number of hydrogen-bond acceptors (Lipinski definition) is 1. The zero-order chi connectivity index (χ0) is 12.8. The van der Waals surface area contributed by atoms with Crippen molar-refractivity contribution in [3.05, 3.63) is 63.6 Å². The topological polar surface area (TPSA) is 12.0 Å². The van der Waals surface area contributed by atoms with Gasteiger partial charge >= 0.3 is 0 Å². The Bertz CT molecular complexity index is 499. The molecule has 2 aromatic rings. The van der Waals surface area contributed by atoms with Gasteiger partial charge in [0, 0.05) is 16.7 Å². The van der Waals surface area contributed by atoms with Crippen molar-refractivity contribution in [2.45, 2.75) is 12.8 Å². The zero-order valence-electron chi connectivity index (χ0n) is 10.00. The second-order valence-electron chi connectivity index (χ2n) is 4.14. The summed E-state index contributed by atoms with van der Waals surface area (Å²) in [5.41, 5.74) is 2.45. The third-order valence-electron chi connectivity index (χ3n) is 2.73. The SMILES string of the molecule is Clc1cc(NCCCc2ccccc2)ccc1Br. The van der Waals surface area contributed by atoms with E-state index in [4.69, 9.17) is 11.6 Å². The van der Waals surface area contributed by atoms with Crippen LogP contribution >= 0.6 is 27.5 Å². The van der Waals surface area contributed by atoms with E-state index < -0.39 is 0 Å². The van der Waals surface area contributed by atoms with E-state index in [-0.39, 0.29) is 0 Å². The van der Waals surface area contributed by atoms with Gasteiger partial charge in [0.25, 0.3) is 0 Å². The molecule has 0 aliphatic heterocycles. The number of halogens is 2. The molecular formula is C15H15BrClN. The molecule has 94 valence electrons. The molecule has 0 bridgehead atoms. The van der Waals surface area contributed by atoms with Gasteiger partial charge in [-0.1, -0.05) is 41.9 Å². The molecule has 0 atom stereocenters. The van der Waals surface area contributed by atoms with Crippen LogP contribution in [-0.2, 0) is 6.42 Å². The van der Waals surface area contributed by atoms with Crippen LogP contribution in [0.15, 0.2) is 53.0 Å². The van der Waals surface area contributed by atoms with Crippen LogP contribution in [0.2, 0.25) is 5.02 Å². The van der Waals surface area contributed by atoms with E-state index in [1.165, 1.54) is 5.56 Å². The minimum atomic E-state index is 0.739. The molecule has 0 amide bonds. The second-order valence-corrected chi connectivity index (χ2v) is 5.41. The van der Waals surface area contributed by atoms with Crippen molar-refractivity contribution in [2.75, 3.05) is 11.9 Å². The van der Waals surface area contributed by atoms with E-state index in [0.29, 0.717) is 0 Å². The normalized spacial score (nSPS) is 10.3. The average Bonchev–Trinajstić information content (AvgIpc) is 2.40. The Kier molecular flexibility index (Phi) is 5.09. The summed E-state index contributed by atoms with van der Waals surface area (Å²) in [5.74, 6) is 0. The lowest BCUT2D eigenvalue weighted by molar-refractivity contribution is 0.863. The van der Waals surface area contributed by atoms with E-state index in [0.717, 1.165) is 34.6 Å². The highest BCUT2D eigenvalue weighted by Gasteiger charge is 1.98. The van der Waals surface area contributed by atoms with Crippen LogP contribution in [0.4, 0.5) is 5.69 Å². The highest BCUT2D eigenvalue weighted by molar-refractivity contribution is 9.10. The Morgan fingerprint density at radius 3 is 2.56 bits per heavy atom. The van der Waals surface area contributed by atoms with Crippen LogP contribution in [0.1, 0.15) is 12.0 Å². The summed E-state index contributed by atoms with van der Waals surface area (Å²) in [6.45, 7) is 0.951. The fourth-order valence-electron chi connectivity index (χ4n) is 1.78. The highest BCUT2D eigenvalue weighted by Crippen LogP contribution is 2.25. The van der Waals surface area contributed by atoms with Crippen molar-refractivity contribution in [1.29, 1.82) is 0 Å². The van der Waals surface area contributed by atoms with E-state index in [1.54, 1.807) is 0 Å². The molecule has 0 heterocycles. The maximum atomic E-state index is 6.04. The molecule has 2 aromatic carbocycles. The van der Waals surface area contributed by atoms with Crippen LogP contribution in [0, 0.1) is 0 Å². The van der Waals surface area contributed by atoms with Gasteiger partial charge in [-0.05, 0) is 52.5 Å². The molecule has 0 aromatic heterocycles. The summed E-state index contributed by atoms with van der Waals surface area (Å²) in [7, 11) is 0. The van der Waals surface area contributed by atoms with Crippen molar-refractivity contribution in [3.63, 3.8) is 0 Å². The largest absolute Gasteiger partial charge is 0.385 e. The third-order valence-corrected chi connectivity index (χ3v) is 3.97. The molecular weight excluding hydrogens is 310 g/mol.